The molecule has 0 radical (unpaired) electrons. The number of ether oxygens (including phenoxy) is 1. The fraction of sp³-hybridized carbons (Fsp3) is 0.941. The Balaban J connectivity index is 1.79. The van der Waals surface area contributed by atoms with E-state index in [9.17, 15) is 4.79 Å². The Labute approximate surface area is 129 Å². The number of hydrogen-bond donors (Lipinski definition) is 1. The van der Waals surface area contributed by atoms with Crippen molar-refractivity contribution in [3.8, 4) is 0 Å². The van der Waals surface area contributed by atoms with E-state index in [1.807, 2.05) is 0 Å². The van der Waals surface area contributed by atoms with E-state index in [4.69, 9.17) is 10.5 Å². The molecule has 2 N–H and O–H groups in total. The van der Waals surface area contributed by atoms with Crippen LogP contribution in [-0.2, 0) is 9.53 Å². The summed E-state index contributed by atoms with van der Waals surface area (Å²) in [5.74, 6) is 1.02. The number of rotatable bonds is 7. The van der Waals surface area contributed by atoms with Gasteiger partial charge in [-0.1, -0.05) is 20.3 Å². The first-order valence-electron chi connectivity index (χ1n) is 8.68. The molecule has 1 aliphatic heterocycles. The zero-order valence-electron chi connectivity index (χ0n) is 13.8. The molecule has 0 aromatic heterocycles. The molecule has 0 spiro atoms. The van der Waals surface area contributed by atoms with E-state index in [-0.39, 0.29) is 5.41 Å². The average Bonchev–Trinajstić information content (AvgIpc) is 2.43. The van der Waals surface area contributed by atoms with E-state index in [1.54, 1.807) is 0 Å². The molecule has 0 bridgehead atoms. The Bertz CT molecular complexity index is 332. The zero-order valence-corrected chi connectivity index (χ0v) is 13.8. The van der Waals surface area contributed by atoms with Gasteiger partial charge in [0.05, 0.1) is 6.10 Å². The maximum absolute atomic E-state index is 12.9. The van der Waals surface area contributed by atoms with Crippen molar-refractivity contribution in [2.45, 2.75) is 64.9 Å². The van der Waals surface area contributed by atoms with E-state index in [2.05, 4.69) is 18.7 Å². The van der Waals surface area contributed by atoms with Crippen molar-refractivity contribution >= 4 is 5.91 Å². The van der Waals surface area contributed by atoms with Crippen LogP contribution < -0.4 is 5.73 Å². The number of piperidine rings is 1. The van der Waals surface area contributed by atoms with Crippen molar-refractivity contribution in [2.24, 2.45) is 17.1 Å². The number of nitrogens with zero attached hydrogens (tertiary/aromatic N) is 1. The predicted molar refractivity (Wildman–Crippen MR) is 85.0 cm³/mol. The minimum absolute atomic E-state index is 0.0264. The molecule has 1 heterocycles. The molecular formula is C17H32N2O2. The van der Waals surface area contributed by atoms with Gasteiger partial charge in [-0.15, -0.1) is 0 Å². The van der Waals surface area contributed by atoms with E-state index < -0.39 is 0 Å². The minimum Gasteiger partial charge on any atom is -0.378 e. The molecule has 2 fully saturated rings. The van der Waals surface area contributed by atoms with Crippen LogP contribution in [0.25, 0.3) is 0 Å². The van der Waals surface area contributed by atoms with Crippen molar-refractivity contribution in [2.75, 3.05) is 26.2 Å². The highest BCUT2D eigenvalue weighted by atomic mass is 16.5. The number of likely N-dealkylation sites (tertiary alicyclic amines) is 1. The molecule has 2 aliphatic rings. The third-order valence-corrected chi connectivity index (χ3v) is 4.99. The fourth-order valence-electron chi connectivity index (χ4n) is 3.78. The summed E-state index contributed by atoms with van der Waals surface area (Å²) >= 11 is 0. The van der Waals surface area contributed by atoms with Crippen molar-refractivity contribution in [3.05, 3.63) is 0 Å². The summed E-state index contributed by atoms with van der Waals surface area (Å²) in [6, 6.07) is 0. The molecule has 1 amide bonds. The Morgan fingerprint density at radius 1 is 1.33 bits per heavy atom. The highest BCUT2D eigenvalue weighted by Gasteiger charge is 2.46. The molecule has 0 aromatic rings. The molecule has 122 valence electrons. The summed E-state index contributed by atoms with van der Waals surface area (Å²) < 4.78 is 5.82. The van der Waals surface area contributed by atoms with Crippen molar-refractivity contribution in [1.29, 1.82) is 0 Å². The molecular weight excluding hydrogens is 264 g/mol. The van der Waals surface area contributed by atoms with Gasteiger partial charge in [0.1, 0.15) is 0 Å². The summed E-state index contributed by atoms with van der Waals surface area (Å²) in [4.78, 5) is 15.0. The number of amides is 1. The van der Waals surface area contributed by atoms with Crippen LogP contribution in [0.2, 0.25) is 0 Å². The molecule has 2 rings (SSSR count). The highest BCUT2D eigenvalue weighted by molar-refractivity contribution is 5.83. The number of hydrogen-bond acceptors (Lipinski definition) is 3. The van der Waals surface area contributed by atoms with Gasteiger partial charge in [0.25, 0.3) is 0 Å². The normalized spacial score (nSPS) is 22.4. The lowest BCUT2D eigenvalue weighted by Gasteiger charge is -2.46. The molecule has 21 heavy (non-hydrogen) atoms. The second-order valence-corrected chi connectivity index (χ2v) is 7.24. The largest absolute Gasteiger partial charge is 0.378 e. The third kappa shape index (κ3) is 4.19. The monoisotopic (exact) mass is 296 g/mol. The maximum atomic E-state index is 12.9. The fourth-order valence-corrected chi connectivity index (χ4v) is 3.78. The summed E-state index contributed by atoms with van der Waals surface area (Å²) in [5, 5.41) is 0. The van der Waals surface area contributed by atoms with Gasteiger partial charge in [-0.25, -0.2) is 0 Å². The van der Waals surface area contributed by atoms with Crippen molar-refractivity contribution in [1.82, 2.24) is 4.90 Å². The minimum atomic E-state index is -0.0264. The van der Waals surface area contributed by atoms with Crippen LogP contribution in [0.4, 0.5) is 0 Å². The lowest BCUT2D eigenvalue weighted by Crippen LogP contribution is -2.51. The standard InChI is InChI=1S/C17H32N2O2/c1-14(2)13-17(7-3-8-17)16(20)19-10-5-15(6-11-19)21-12-4-9-18/h14-15H,3-13,18H2,1-2H3. The maximum Gasteiger partial charge on any atom is 0.228 e. The Kier molecular flexibility index (Phi) is 6.06. The van der Waals surface area contributed by atoms with Gasteiger partial charge in [-0.05, 0) is 51.0 Å². The lowest BCUT2D eigenvalue weighted by atomic mass is 9.63. The smallest absolute Gasteiger partial charge is 0.228 e. The van der Waals surface area contributed by atoms with Crippen LogP contribution in [0.5, 0.6) is 0 Å². The summed E-state index contributed by atoms with van der Waals surface area (Å²) in [5.41, 5.74) is 5.46. The van der Waals surface area contributed by atoms with Crippen LogP contribution in [0.1, 0.15) is 58.8 Å². The number of carbonyl (C=O) groups excluding carboxylic acids is 1. The van der Waals surface area contributed by atoms with Crippen LogP contribution in [0.15, 0.2) is 0 Å². The zero-order chi connectivity index (χ0) is 15.3. The molecule has 0 atom stereocenters. The van der Waals surface area contributed by atoms with Crippen LogP contribution >= 0.6 is 0 Å². The Hall–Kier alpha value is -0.610. The highest BCUT2D eigenvalue weighted by Crippen LogP contribution is 2.47. The van der Waals surface area contributed by atoms with E-state index in [1.165, 1.54) is 6.42 Å². The van der Waals surface area contributed by atoms with Gasteiger partial charge in [0, 0.05) is 25.1 Å². The molecule has 4 heteroatoms. The van der Waals surface area contributed by atoms with Crippen molar-refractivity contribution < 1.29 is 9.53 Å². The molecule has 0 unspecified atom stereocenters. The predicted octanol–water partition coefficient (Wildman–Crippen LogP) is 2.56. The number of carbonyl (C=O) groups is 1. The van der Waals surface area contributed by atoms with Gasteiger partial charge in [-0.2, -0.15) is 0 Å². The molecule has 1 saturated carbocycles. The third-order valence-electron chi connectivity index (χ3n) is 4.99. The average molecular weight is 296 g/mol. The van der Waals surface area contributed by atoms with E-state index in [0.717, 1.165) is 58.2 Å². The second-order valence-electron chi connectivity index (χ2n) is 7.24. The Morgan fingerprint density at radius 2 is 2.00 bits per heavy atom. The first-order valence-corrected chi connectivity index (χ1v) is 8.68. The van der Waals surface area contributed by atoms with Gasteiger partial charge in [0.15, 0.2) is 0 Å². The summed E-state index contributed by atoms with van der Waals surface area (Å²) in [6.45, 7) is 7.63. The number of nitrogens with two attached hydrogens (primary N) is 1. The van der Waals surface area contributed by atoms with E-state index in [0.29, 0.717) is 24.5 Å². The first kappa shape index (κ1) is 16.8. The van der Waals surface area contributed by atoms with Gasteiger partial charge >= 0.3 is 0 Å². The quantitative estimate of drug-likeness (QED) is 0.735. The molecule has 0 aromatic carbocycles. The lowest BCUT2D eigenvalue weighted by molar-refractivity contribution is -0.151. The second kappa shape index (κ2) is 7.59. The topological polar surface area (TPSA) is 55.6 Å². The van der Waals surface area contributed by atoms with Gasteiger partial charge in [0.2, 0.25) is 5.91 Å². The SMILES string of the molecule is CC(C)CC1(C(=O)N2CCC(OCCCN)CC2)CCC1. The molecule has 1 aliphatic carbocycles. The van der Waals surface area contributed by atoms with Gasteiger partial charge < -0.3 is 15.4 Å². The van der Waals surface area contributed by atoms with Crippen molar-refractivity contribution in [3.63, 3.8) is 0 Å². The van der Waals surface area contributed by atoms with Crippen LogP contribution in [-0.4, -0.2) is 43.2 Å². The molecule has 4 nitrogen and oxygen atoms in total. The summed E-state index contributed by atoms with van der Waals surface area (Å²) in [7, 11) is 0. The van der Waals surface area contributed by atoms with Gasteiger partial charge in [-0.3, -0.25) is 4.79 Å². The van der Waals surface area contributed by atoms with E-state index >= 15 is 0 Å². The van der Waals surface area contributed by atoms with Crippen LogP contribution in [0.3, 0.4) is 0 Å². The van der Waals surface area contributed by atoms with Crippen LogP contribution in [0, 0.1) is 11.3 Å². The first-order chi connectivity index (χ1) is 10.1. The Morgan fingerprint density at radius 3 is 2.48 bits per heavy atom. The molecule has 1 saturated heterocycles. The summed E-state index contributed by atoms with van der Waals surface area (Å²) in [6.07, 6.45) is 7.67.